The normalized spacial score (nSPS) is 9.57. The largest absolute Gasteiger partial charge is 1.00 e. The average Bonchev–Trinajstić information content (AvgIpc) is 1.35. The molecule has 0 aromatic carbocycles. The number of aldehydes is 1. The van der Waals surface area contributed by atoms with Gasteiger partial charge < -0.3 is 1.43 Å². The van der Waals surface area contributed by atoms with E-state index < -0.39 is 11.7 Å². The molecule has 0 amide bonds. The predicted octanol–water partition coefficient (Wildman–Crippen LogP) is -1.87. The number of hydrogen-bond acceptors (Lipinski definition) is 1. The minimum atomic E-state index is -3.67. The van der Waals surface area contributed by atoms with Crippen LogP contribution < -0.4 is 29.6 Å². The van der Waals surface area contributed by atoms with Crippen molar-refractivity contribution in [1.82, 2.24) is 0 Å². The molecule has 0 radical (unpaired) electrons. The van der Waals surface area contributed by atoms with Gasteiger partial charge in [-0.2, -0.15) is 8.78 Å². The summed E-state index contributed by atoms with van der Waals surface area (Å²) in [5, 5.41) is -3.67. The Labute approximate surface area is 67.8 Å². The summed E-state index contributed by atoms with van der Waals surface area (Å²) in [5.74, 6) is 0. The summed E-state index contributed by atoms with van der Waals surface area (Å²) < 4.78 is 21.7. The fraction of sp³-hybridized carbons (Fsp3) is 0.500. The van der Waals surface area contributed by atoms with E-state index in [0.29, 0.717) is 0 Å². The molecule has 0 saturated heterocycles. The smallest absolute Gasteiger partial charge is 1.00 e. The fourth-order valence-electron chi connectivity index (χ4n) is 0. The standard InChI is InChI=1S/C2HClF2O.Na.H/c3-2(4,5)1-6;;/h1H;;/q;+1;-1. The molecule has 0 unspecified atom stereocenters. The van der Waals surface area contributed by atoms with Gasteiger partial charge in [0, 0.05) is 0 Å². The van der Waals surface area contributed by atoms with Crippen molar-refractivity contribution in [3.05, 3.63) is 0 Å². The Bertz CT molecular complexity index is 65.5. The Morgan fingerprint density at radius 1 is 1.71 bits per heavy atom. The number of alkyl halides is 3. The second-order valence-corrected chi connectivity index (χ2v) is 1.16. The summed E-state index contributed by atoms with van der Waals surface area (Å²) >= 11 is 4.02. The first-order valence-electron chi connectivity index (χ1n) is 1.09. The van der Waals surface area contributed by atoms with Crippen LogP contribution in [0.15, 0.2) is 0 Å². The van der Waals surface area contributed by atoms with E-state index in [1.807, 2.05) is 0 Å². The second-order valence-electron chi connectivity index (χ2n) is 0.659. The maximum Gasteiger partial charge on any atom is 1.00 e. The molecular formula is C2H2ClF2NaO. The van der Waals surface area contributed by atoms with E-state index in [1.54, 1.807) is 0 Å². The van der Waals surface area contributed by atoms with Crippen molar-refractivity contribution < 1.29 is 44.6 Å². The molecule has 0 N–H and O–H groups in total. The average molecular weight is 138 g/mol. The van der Waals surface area contributed by atoms with Crippen molar-refractivity contribution in [2.24, 2.45) is 0 Å². The van der Waals surface area contributed by atoms with Gasteiger partial charge in [-0.25, -0.2) is 0 Å². The summed E-state index contributed by atoms with van der Waals surface area (Å²) in [7, 11) is 0. The summed E-state index contributed by atoms with van der Waals surface area (Å²) in [6, 6.07) is 0. The van der Waals surface area contributed by atoms with Crippen LogP contribution in [-0.2, 0) is 4.79 Å². The number of carbonyl (C=O) groups excluding carboxylic acids is 1. The third-order valence-electron chi connectivity index (χ3n) is 0.134. The monoisotopic (exact) mass is 138 g/mol. The van der Waals surface area contributed by atoms with Crippen LogP contribution >= 0.6 is 11.6 Å². The van der Waals surface area contributed by atoms with Crippen molar-refractivity contribution in [2.75, 3.05) is 0 Å². The van der Waals surface area contributed by atoms with Crippen molar-refractivity contribution in [3.63, 3.8) is 0 Å². The van der Waals surface area contributed by atoms with Gasteiger partial charge in [0.25, 0.3) is 0 Å². The Morgan fingerprint density at radius 3 is 1.86 bits per heavy atom. The first-order chi connectivity index (χ1) is 2.56. The molecule has 0 bridgehead atoms. The molecule has 38 valence electrons. The van der Waals surface area contributed by atoms with Gasteiger partial charge in [0.2, 0.25) is 6.29 Å². The van der Waals surface area contributed by atoms with E-state index in [0.717, 1.165) is 0 Å². The van der Waals surface area contributed by atoms with Gasteiger partial charge in [-0.3, -0.25) is 4.79 Å². The number of halogens is 3. The molecular weight excluding hydrogens is 136 g/mol. The van der Waals surface area contributed by atoms with Gasteiger partial charge in [0.05, 0.1) is 0 Å². The molecule has 0 aliphatic rings. The zero-order valence-corrected chi connectivity index (χ0v) is 6.38. The van der Waals surface area contributed by atoms with Crippen molar-refractivity contribution in [3.8, 4) is 0 Å². The van der Waals surface area contributed by atoms with Crippen LogP contribution in [0.4, 0.5) is 8.78 Å². The van der Waals surface area contributed by atoms with Gasteiger partial charge in [-0.1, -0.05) is 0 Å². The molecule has 0 fully saturated rings. The second kappa shape index (κ2) is 3.78. The molecule has 0 aliphatic carbocycles. The quantitative estimate of drug-likeness (QED) is 0.236. The molecule has 0 spiro atoms. The molecule has 7 heavy (non-hydrogen) atoms. The van der Waals surface area contributed by atoms with E-state index in [1.165, 1.54) is 0 Å². The molecule has 5 heteroatoms. The zero-order chi connectivity index (χ0) is 5.21. The van der Waals surface area contributed by atoms with Crippen LogP contribution in [0.2, 0.25) is 0 Å². The van der Waals surface area contributed by atoms with Crippen LogP contribution in [0.3, 0.4) is 0 Å². The molecule has 0 aromatic rings. The summed E-state index contributed by atoms with van der Waals surface area (Å²) in [4.78, 5) is 8.94. The van der Waals surface area contributed by atoms with Crippen LogP contribution in [0.1, 0.15) is 1.43 Å². The van der Waals surface area contributed by atoms with Gasteiger partial charge >= 0.3 is 34.9 Å². The van der Waals surface area contributed by atoms with Crippen LogP contribution in [0.5, 0.6) is 0 Å². The van der Waals surface area contributed by atoms with Gasteiger partial charge in [-0.15, -0.1) is 0 Å². The van der Waals surface area contributed by atoms with E-state index in [-0.39, 0.29) is 31.0 Å². The van der Waals surface area contributed by atoms with E-state index in [4.69, 9.17) is 4.79 Å². The Balaban J connectivity index is -0.000000125. The predicted molar refractivity (Wildman–Crippen MR) is 18.0 cm³/mol. The van der Waals surface area contributed by atoms with E-state index in [9.17, 15) is 8.78 Å². The minimum absolute atomic E-state index is 0. The summed E-state index contributed by atoms with van der Waals surface area (Å²) in [6.45, 7) is 0. The number of rotatable bonds is 1. The molecule has 0 aliphatic heterocycles. The molecule has 0 aromatic heterocycles. The Morgan fingerprint density at radius 2 is 1.86 bits per heavy atom. The summed E-state index contributed by atoms with van der Waals surface area (Å²) in [6.07, 6.45) is -0.630. The first-order valence-corrected chi connectivity index (χ1v) is 1.47. The maximum absolute atomic E-state index is 10.8. The number of carbonyl (C=O) groups is 1. The number of hydrogen-bond donors (Lipinski definition) is 0. The third-order valence-corrected chi connectivity index (χ3v) is 0.223. The molecule has 0 saturated carbocycles. The third kappa shape index (κ3) is 10.9. The summed E-state index contributed by atoms with van der Waals surface area (Å²) in [5.41, 5.74) is 0. The Hall–Kier alpha value is 0.820. The van der Waals surface area contributed by atoms with Crippen LogP contribution in [0, 0.1) is 0 Å². The minimum Gasteiger partial charge on any atom is -1.00 e. The maximum atomic E-state index is 10.8. The van der Waals surface area contributed by atoms with Crippen LogP contribution in [0.25, 0.3) is 0 Å². The van der Waals surface area contributed by atoms with Gasteiger partial charge in [0.15, 0.2) is 0 Å². The van der Waals surface area contributed by atoms with Crippen molar-refractivity contribution in [1.29, 1.82) is 0 Å². The molecule has 0 rings (SSSR count). The topological polar surface area (TPSA) is 17.1 Å². The van der Waals surface area contributed by atoms with Gasteiger partial charge in [-0.05, 0) is 11.6 Å². The van der Waals surface area contributed by atoms with Crippen molar-refractivity contribution in [2.45, 2.75) is 5.38 Å². The van der Waals surface area contributed by atoms with E-state index >= 15 is 0 Å². The molecule has 1 nitrogen and oxygen atoms in total. The molecule has 0 atom stereocenters. The van der Waals surface area contributed by atoms with Crippen LogP contribution in [-0.4, -0.2) is 11.7 Å². The Kier molecular flexibility index (Phi) is 5.79. The fourth-order valence-corrected chi connectivity index (χ4v) is 0. The van der Waals surface area contributed by atoms with Crippen molar-refractivity contribution >= 4 is 17.9 Å². The SMILES string of the molecule is O=CC(F)(F)Cl.[H-].[Na+]. The molecule has 0 heterocycles. The first kappa shape index (κ1) is 10.7. The zero-order valence-electron chi connectivity index (χ0n) is 4.62. The van der Waals surface area contributed by atoms with Gasteiger partial charge in [0.1, 0.15) is 0 Å². The van der Waals surface area contributed by atoms with E-state index in [2.05, 4.69) is 11.6 Å².